The van der Waals surface area contributed by atoms with Crippen LogP contribution in [0.3, 0.4) is 0 Å². The molecule has 1 amide bonds. The maximum Gasteiger partial charge on any atom is 0.252 e. The van der Waals surface area contributed by atoms with Crippen molar-refractivity contribution in [1.82, 2.24) is 20.5 Å². The van der Waals surface area contributed by atoms with E-state index in [-0.39, 0.29) is 5.91 Å². The number of carbonyl (C=O) groups excluding carboxylic acids is 1. The zero-order valence-corrected chi connectivity index (χ0v) is 13.4. The van der Waals surface area contributed by atoms with Crippen molar-refractivity contribution in [3.63, 3.8) is 0 Å². The predicted octanol–water partition coefficient (Wildman–Crippen LogP) is 1.12. The Morgan fingerprint density at radius 3 is 2.73 bits per heavy atom. The minimum absolute atomic E-state index is 0.100. The zero-order valence-electron chi connectivity index (χ0n) is 13.4. The maximum atomic E-state index is 11.9. The van der Waals surface area contributed by atoms with Gasteiger partial charge < -0.3 is 15.5 Å². The number of amides is 1. The van der Waals surface area contributed by atoms with Crippen LogP contribution in [0.1, 0.15) is 30.1 Å². The fourth-order valence-corrected chi connectivity index (χ4v) is 2.50. The van der Waals surface area contributed by atoms with E-state index in [0.29, 0.717) is 18.7 Å². The lowest BCUT2D eigenvalue weighted by Crippen LogP contribution is -2.47. The van der Waals surface area contributed by atoms with Crippen molar-refractivity contribution in [3.8, 4) is 0 Å². The van der Waals surface area contributed by atoms with Gasteiger partial charge in [0, 0.05) is 45.6 Å². The predicted molar refractivity (Wildman–Crippen MR) is 87.9 cm³/mol. The smallest absolute Gasteiger partial charge is 0.252 e. The highest BCUT2D eigenvalue weighted by molar-refractivity contribution is 5.93. The van der Waals surface area contributed by atoms with Crippen LogP contribution in [-0.4, -0.2) is 55.0 Å². The third-order valence-electron chi connectivity index (χ3n) is 3.91. The van der Waals surface area contributed by atoms with Gasteiger partial charge in [0.1, 0.15) is 0 Å². The number of guanidine groups is 1. The van der Waals surface area contributed by atoms with Crippen molar-refractivity contribution in [3.05, 3.63) is 30.1 Å². The molecular weight excluding hydrogens is 278 g/mol. The standard InChI is InChI=1S/C16H25N5O/c1-13-5-10-21(11-6-13)16(17-2)20-9-8-19-15(22)14-4-3-7-18-12-14/h3-4,7,12-13H,5-6,8-11H2,1-2H3,(H,17,20)(H,19,22). The Labute approximate surface area is 132 Å². The van der Waals surface area contributed by atoms with Crippen molar-refractivity contribution in [2.45, 2.75) is 19.8 Å². The first-order valence-corrected chi connectivity index (χ1v) is 7.84. The van der Waals surface area contributed by atoms with Crippen LogP contribution in [0.5, 0.6) is 0 Å². The van der Waals surface area contributed by atoms with Crippen molar-refractivity contribution in [2.24, 2.45) is 10.9 Å². The molecule has 0 unspecified atom stereocenters. The maximum absolute atomic E-state index is 11.9. The molecule has 1 aliphatic rings. The molecule has 6 heteroatoms. The second-order valence-electron chi connectivity index (χ2n) is 5.64. The number of carbonyl (C=O) groups is 1. The molecule has 120 valence electrons. The molecule has 1 saturated heterocycles. The van der Waals surface area contributed by atoms with E-state index in [9.17, 15) is 4.79 Å². The van der Waals surface area contributed by atoms with Gasteiger partial charge in [-0.15, -0.1) is 0 Å². The van der Waals surface area contributed by atoms with Gasteiger partial charge in [-0.2, -0.15) is 0 Å². The molecule has 1 fully saturated rings. The molecule has 1 aliphatic heterocycles. The summed E-state index contributed by atoms with van der Waals surface area (Å²) in [6.07, 6.45) is 5.63. The summed E-state index contributed by atoms with van der Waals surface area (Å²) < 4.78 is 0. The first-order valence-electron chi connectivity index (χ1n) is 7.84. The number of rotatable bonds is 4. The van der Waals surface area contributed by atoms with Gasteiger partial charge in [0.25, 0.3) is 5.91 Å². The quantitative estimate of drug-likeness (QED) is 0.497. The first-order chi connectivity index (χ1) is 10.7. The minimum atomic E-state index is -0.100. The van der Waals surface area contributed by atoms with Crippen LogP contribution in [-0.2, 0) is 0 Å². The van der Waals surface area contributed by atoms with E-state index in [0.717, 1.165) is 25.0 Å². The van der Waals surface area contributed by atoms with E-state index in [2.05, 4.69) is 32.4 Å². The van der Waals surface area contributed by atoms with Crippen molar-refractivity contribution >= 4 is 11.9 Å². The van der Waals surface area contributed by atoms with Gasteiger partial charge in [0.15, 0.2) is 5.96 Å². The number of likely N-dealkylation sites (tertiary alicyclic amines) is 1. The van der Waals surface area contributed by atoms with Gasteiger partial charge in [0.2, 0.25) is 0 Å². The monoisotopic (exact) mass is 303 g/mol. The molecule has 0 aliphatic carbocycles. The number of pyridine rings is 1. The molecule has 2 rings (SSSR count). The van der Waals surface area contributed by atoms with E-state index < -0.39 is 0 Å². The van der Waals surface area contributed by atoms with Crippen LogP contribution in [0.2, 0.25) is 0 Å². The molecule has 0 bridgehead atoms. The fourth-order valence-electron chi connectivity index (χ4n) is 2.50. The Bertz CT molecular complexity index is 495. The third-order valence-corrected chi connectivity index (χ3v) is 3.91. The summed E-state index contributed by atoms with van der Waals surface area (Å²) in [5.41, 5.74) is 0.580. The molecule has 0 atom stereocenters. The van der Waals surface area contributed by atoms with Gasteiger partial charge in [-0.1, -0.05) is 6.92 Å². The van der Waals surface area contributed by atoms with Crippen LogP contribution in [0.15, 0.2) is 29.5 Å². The summed E-state index contributed by atoms with van der Waals surface area (Å²) in [5.74, 6) is 1.62. The second-order valence-corrected chi connectivity index (χ2v) is 5.64. The van der Waals surface area contributed by atoms with E-state index in [1.807, 2.05) is 0 Å². The fraction of sp³-hybridized carbons (Fsp3) is 0.562. The van der Waals surface area contributed by atoms with Crippen molar-refractivity contribution in [1.29, 1.82) is 0 Å². The van der Waals surface area contributed by atoms with Gasteiger partial charge in [-0.05, 0) is 30.9 Å². The normalized spacial score (nSPS) is 16.5. The SMILES string of the molecule is CN=C(NCCNC(=O)c1cccnc1)N1CCC(C)CC1. The van der Waals surface area contributed by atoms with Crippen LogP contribution >= 0.6 is 0 Å². The molecular formula is C16H25N5O. The summed E-state index contributed by atoms with van der Waals surface area (Å²) in [7, 11) is 1.80. The molecule has 6 nitrogen and oxygen atoms in total. The molecule has 0 spiro atoms. The second kappa shape index (κ2) is 8.36. The lowest BCUT2D eigenvalue weighted by Gasteiger charge is -2.32. The van der Waals surface area contributed by atoms with Crippen LogP contribution in [0.25, 0.3) is 0 Å². The Kier molecular flexibility index (Phi) is 6.18. The van der Waals surface area contributed by atoms with Crippen molar-refractivity contribution in [2.75, 3.05) is 33.2 Å². The van der Waals surface area contributed by atoms with Gasteiger partial charge in [0.05, 0.1) is 5.56 Å². The number of piperidine rings is 1. The highest BCUT2D eigenvalue weighted by atomic mass is 16.1. The number of hydrogen-bond donors (Lipinski definition) is 2. The Hall–Kier alpha value is -2.11. The molecule has 1 aromatic heterocycles. The lowest BCUT2D eigenvalue weighted by molar-refractivity contribution is 0.0954. The van der Waals surface area contributed by atoms with E-state index in [1.54, 1.807) is 31.6 Å². The number of hydrogen-bond acceptors (Lipinski definition) is 3. The molecule has 0 radical (unpaired) electrons. The van der Waals surface area contributed by atoms with Crippen LogP contribution in [0, 0.1) is 5.92 Å². The molecule has 1 aromatic rings. The highest BCUT2D eigenvalue weighted by Gasteiger charge is 2.18. The Balaban J connectivity index is 1.70. The minimum Gasteiger partial charge on any atom is -0.354 e. The Morgan fingerprint density at radius 1 is 1.36 bits per heavy atom. The molecule has 0 aromatic carbocycles. The topological polar surface area (TPSA) is 69.6 Å². The third kappa shape index (κ3) is 4.72. The summed E-state index contributed by atoms with van der Waals surface area (Å²) in [6, 6.07) is 3.51. The first kappa shape index (κ1) is 16.3. The Morgan fingerprint density at radius 2 is 2.09 bits per heavy atom. The van der Waals surface area contributed by atoms with Gasteiger partial charge in [-0.25, -0.2) is 0 Å². The number of aromatic nitrogens is 1. The number of aliphatic imine (C=N–C) groups is 1. The average molecular weight is 303 g/mol. The summed E-state index contributed by atoms with van der Waals surface area (Å²) in [6.45, 7) is 5.59. The van der Waals surface area contributed by atoms with Gasteiger partial charge >= 0.3 is 0 Å². The number of nitrogens with one attached hydrogen (secondary N) is 2. The number of nitrogens with zero attached hydrogens (tertiary/aromatic N) is 3. The lowest BCUT2D eigenvalue weighted by atomic mass is 10.00. The molecule has 0 saturated carbocycles. The largest absolute Gasteiger partial charge is 0.354 e. The van der Waals surface area contributed by atoms with E-state index in [4.69, 9.17) is 0 Å². The summed E-state index contributed by atoms with van der Waals surface area (Å²) in [5, 5.41) is 6.18. The van der Waals surface area contributed by atoms with Gasteiger partial charge in [-0.3, -0.25) is 14.8 Å². The zero-order chi connectivity index (χ0) is 15.8. The van der Waals surface area contributed by atoms with E-state index in [1.165, 1.54) is 12.8 Å². The molecule has 2 heterocycles. The highest BCUT2D eigenvalue weighted by Crippen LogP contribution is 2.15. The molecule has 22 heavy (non-hydrogen) atoms. The summed E-state index contributed by atoms with van der Waals surface area (Å²) in [4.78, 5) is 22.4. The summed E-state index contributed by atoms with van der Waals surface area (Å²) >= 11 is 0. The molecule has 2 N–H and O–H groups in total. The van der Waals surface area contributed by atoms with E-state index >= 15 is 0 Å². The van der Waals surface area contributed by atoms with Crippen LogP contribution < -0.4 is 10.6 Å². The van der Waals surface area contributed by atoms with Crippen LogP contribution in [0.4, 0.5) is 0 Å². The average Bonchev–Trinajstić information content (AvgIpc) is 2.56. The van der Waals surface area contributed by atoms with Crippen molar-refractivity contribution < 1.29 is 4.79 Å².